The van der Waals surface area contributed by atoms with Gasteiger partial charge >= 0.3 is 0 Å². The van der Waals surface area contributed by atoms with Crippen LogP contribution in [0.15, 0.2) is 42.7 Å². The predicted molar refractivity (Wildman–Crippen MR) is 134 cm³/mol. The van der Waals surface area contributed by atoms with E-state index < -0.39 is 5.54 Å². The number of hydrogen-bond acceptors (Lipinski definition) is 3. The zero-order valence-corrected chi connectivity index (χ0v) is 20.5. The second-order valence-electron chi connectivity index (χ2n) is 11.6. The number of halogens is 1. The van der Waals surface area contributed by atoms with Crippen molar-refractivity contribution in [2.24, 2.45) is 17.3 Å². The van der Waals surface area contributed by atoms with Crippen LogP contribution in [0.4, 0.5) is 4.39 Å². The zero-order chi connectivity index (χ0) is 24.2. The van der Waals surface area contributed by atoms with E-state index in [1.165, 1.54) is 22.9 Å². The van der Waals surface area contributed by atoms with Crippen molar-refractivity contribution in [2.45, 2.75) is 76.2 Å². The number of hydrogen-bond donors (Lipinski definition) is 2. The molecule has 4 aliphatic carbocycles. The van der Waals surface area contributed by atoms with E-state index in [2.05, 4.69) is 35.4 Å². The van der Waals surface area contributed by atoms with Gasteiger partial charge in [0.05, 0.1) is 18.3 Å². The molecular weight excluding hydrogens is 439 g/mol. The molecule has 0 saturated heterocycles. The van der Waals surface area contributed by atoms with Crippen LogP contribution < -0.4 is 5.32 Å². The monoisotopic (exact) mass is 474 g/mol. The number of nitrogens with zero attached hydrogens (tertiary/aromatic N) is 1. The van der Waals surface area contributed by atoms with Crippen LogP contribution in [0, 0.1) is 23.1 Å². The highest BCUT2D eigenvalue weighted by Gasteiger charge is 2.52. The molecule has 35 heavy (non-hydrogen) atoms. The summed E-state index contributed by atoms with van der Waals surface area (Å²) in [7, 11) is 0. The largest absolute Gasteiger partial charge is 0.394 e. The van der Waals surface area contributed by atoms with Crippen molar-refractivity contribution in [1.29, 1.82) is 0 Å². The molecule has 1 aromatic heterocycles. The summed E-state index contributed by atoms with van der Waals surface area (Å²) in [4.78, 5) is 17.2. The van der Waals surface area contributed by atoms with Crippen molar-refractivity contribution in [1.82, 2.24) is 10.3 Å². The molecule has 2 saturated carbocycles. The molecule has 184 valence electrons. The number of amides is 1. The third kappa shape index (κ3) is 3.74. The van der Waals surface area contributed by atoms with Crippen LogP contribution in [0.5, 0.6) is 0 Å². The molecular formula is C30H35FN2O2. The molecule has 4 aliphatic rings. The molecule has 0 spiro atoms. The number of benzene rings is 1. The number of nitrogens with one attached hydrogen (secondary N) is 1. The fourth-order valence-corrected chi connectivity index (χ4v) is 7.99. The van der Waals surface area contributed by atoms with Crippen molar-refractivity contribution >= 4 is 11.5 Å². The molecule has 0 radical (unpaired) electrons. The average Bonchev–Trinajstić information content (AvgIpc) is 3.48. The average molecular weight is 475 g/mol. The lowest BCUT2D eigenvalue weighted by atomic mass is 9.54. The predicted octanol–water partition coefficient (Wildman–Crippen LogP) is 5.81. The summed E-state index contributed by atoms with van der Waals surface area (Å²) < 4.78 is 13.9. The van der Waals surface area contributed by atoms with Gasteiger partial charge in [-0.1, -0.05) is 31.9 Å². The Morgan fingerprint density at radius 2 is 2.00 bits per heavy atom. The molecule has 2 N–H and O–H groups in total. The third-order valence-electron chi connectivity index (χ3n) is 9.83. The molecule has 1 aromatic carbocycles. The van der Waals surface area contributed by atoms with E-state index >= 15 is 0 Å². The lowest BCUT2D eigenvalue weighted by Crippen LogP contribution is -2.49. The summed E-state index contributed by atoms with van der Waals surface area (Å²) in [5.74, 6) is 1.35. The Morgan fingerprint density at radius 3 is 2.77 bits per heavy atom. The summed E-state index contributed by atoms with van der Waals surface area (Å²) in [5.41, 5.74) is 5.26. The van der Waals surface area contributed by atoms with Gasteiger partial charge in [0, 0.05) is 11.8 Å². The minimum absolute atomic E-state index is 0.00923. The maximum atomic E-state index is 13.9. The van der Waals surface area contributed by atoms with Crippen LogP contribution in [0.25, 0.3) is 5.57 Å². The number of allylic oxidation sites excluding steroid dienone is 2. The smallest absolute Gasteiger partial charge is 0.251 e. The van der Waals surface area contributed by atoms with E-state index in [0.717, 1.165) is 63.4 Å². The highest BCUT2D eigenvalue weighted by Crippen LogP contribution is 2.63. The first-order valence-electron chi connectivity index (χ1n) is 13.3. The molecule has 1 heterocycles. The van der Waals surface area contributed by atoms with Crippen molar-refractivity contribution < 1.29 is 14.3 Å². The molecule has 6 rings (SSSR count). The Hall–Kier alpha value is -2.53. The number of aliphatic hydroxyl groups is 1. The molecule has 5 heteroatoms. The van der Waals surface area contributed by atoms with Gasteiger partial charge in [0.15, 0.2) is 0 Å². The third-order valence-corrected chi connectivity index (χ3v) is 9.83. The van der Waals surface area contributed by atoms with E-state index in [-0.39, 0.29) is 23.7 Å². The van der Waals surface area contributed by atoms with Gasteiger partial charge in [0.1, 0.15) is 5.82 Å². The van der Waals surface area contributed by atoms with Crippen LogP contribution in [0.3, 0.4) is 0 Å². The molecule has 1 amide bonds. The first-order chi connectivity index (χ1) is 16.9. The number of carbonyl (C=O) groups excluding carboxylic acids is 1. The van der Waals surface area contributed by atoms with E-state index in [0.29, 0.717) is 23.3 Å². The Bertz CT molecular complexity index is 1180. The van der Waals surface area contributed by atoms with Gasteiger partial charge in [0.2, 0.25) is 0 Å². The second-order valence-corrected chi connectivity index (χ2v) is 11.6. The van der Waals surface area contributed by atoms with Crippen LogP contribution in [0.2, 0.25) is 0 Å². The first kappa shape index (κ1) is 22.9. The molecule has 0 bridgehead atoms. The number of rotatable bonds is 4. The van der Waals surface area contributed by atoms with E-state index in [1.807, 2.05) is 12.3 Å². The summed E-state index contributed by atoms with van der Waals surface area (Å²) >= 11 is 0. The number of aromatic nitrogens is 1. The van der Waals surface area contributed by atoms with Crippen LogP contribution in [-0.2, 0) is 6.42 Å². The van der Waals surface area contributed by atoms with E-state index in [9.17, 15) is 14.3 Å². The maximum Gasteiger partial charge on any atom is 0.251 e. The van der Waals surface area contributed by atoms with Gasteiger partial charge in [0.25, 0.3) is 5.91 Å². The quantitative estimate of drug-likeness (QED) is 0.588. The van der Waals surface area contributed by atoms with Gasteiger partial charge in [-0.2, -0.15) is 0 Å². The Balaban J connectivity index is 1.22. The SMILES string of the molecule is CC12CCC3c4ccc(C(=O)NC5(CO)CCCC5)cc4CCC3C1CC=C2c1cncc(F)c1. The summed E-state index contributed by atoms with van der Waals surface area (Å²) in [6, 6.07) is 7.92. The summed E-state index contributed by atoms with van der Waals surface area (Å²) in [5, 5.41) is 13.0. The van der Waals surface area contributed by atoms with Crippen LogP contribution >= 0.6 is 0 Å². The van der Waals surface area contributed by atoms with Gasteiger partial charge in [-0.3, -0.25) is 9.78 Å². The molecule has 0 aliphatic heterocycles. The lowest BCUT2D eigenvalue weighted by Gasteiger charge is -2.50. The van der Waals surface area contributed by atoms with Crippen LogP contribution in [-0.4, -0.2) is 28.1 Å². The summed E-state index contributed by atoms with van der Waals surface area (Å²) in [6.45, 7) is 2.38. The highest BCUT2D eigenvalue weighted by atomic mass is 19.1. The lowest BCUT2D eigenvalue weighted by molar-refractivity contribution is 0.0836. The number of aliphatic hydroxyl groups excluding tert-OH is 1. The van der Waals surface area contributed by atoms with Crippen molar-refractivity contribution in [3.8, 4) is 0 Å². The molecule has 2 fully saturated rings. The Labute approximate surface area is 207 Å². The fraction of sp³-hybridized carbons (Fsp3) is 0.533. The minimum atomic E-state index is -0.448. The standard InChI is InChI=1S/C30H35FN2O2/c1-29-13-10-24-23-6-5-20(28(35)33-30(18-34)11-2-3-12-30)14-19(23)4-7-25(24)27(29)9-8-26(29)21-15-22(31)17-32-16-21/h5-6,8,14-17,24-25,27,34H,2-4,7,9-13,18H2,1H3,(H,33,35). The summed E-state index contributed by atoms with van der Waals surface area (Å²) in [6.07, 6.45) is 14.6. The van der Waals surface area contributed by atoms with Gasteiger partial charge in [-0.15, -0.1) is 0 Å². The Kier molecular flexibility index (Phi) is 5.59. The number of aryl methyl sites for hydroxylation is 1. The Morgan fingerprint density at radius 1 is 1.17 bits per heavy atom. The number of carbonyl (C=O) groups is 1. The molecule has 4 nitrogen and oxygen atoms in total. The van der Waals surface area contributed by atoms with E-state index in [1.54, 1.807) is 6.07 Å². The van der Waals surface area contributed by atoms with Crippen LogP contribution in [0.1, 0.15) is 91.3 Å². The zero-order valence-electron chi connectivity index (χ0n) is 20.5. The number of pyridine rings is 1. The maximum absolute atomic E-state index is 13.9. The van der Waals surface area contributed by atoms with E-state index in [4.69, 9.17) is 0 Å². The first-order valence-corrected chi connectivity index (χ1v) is 13.3. The minimum Gasteiger partial charge on any atom is -0.394 e. The van der Waals surface area contributed by atoms with Gasteiger partial charge in [-0.05, 0) is 109 Å². The molecule has 2 aromatic rings. The normalized spacial score (nSPS) is 30.7. The molecule has 4 unspecified atom stereocenters. The second kappa shape index (κ2) is 8.55. The number of fused-ring (bicyclic) bond motifs is 5. The highest BCUT2D eigenvalue weighted by molar-refractivity contribution is 5.95. The van der Waals surface area contributed by atoms with Crippen molar-refractivity contribution in [2.75, 3.05) is 6.61 Å². The molecule has 4 atom stereocenters. The van der Waals surface area contributed by atoms with Gasteiger partial charge < -0.3 is 10.4 Å². The van der Waals surface area contributed by atoms with Gasteiger partial charge in [-0.25, -0.2) is 4.39 Å². The fourth-order valence-electron chi connectivity index (χ4n) is 7.99. The topological polar surface area (TPSA) is 62.2 Å². The van der Waals surface area contributed by atoms with Crippen molar-refractivity contribution in [3.63, 3.8) is 0 Å². The van der Waals surface area contributed by atoms with Crippen molar-refractivity contribution in [3.05, 3.63) is 70.8 Å².